The molecule has 0 amide bonds. The van der Waals surface area contributed by atoms with Gasteiger partial charge in [-0.15, -0.1) is 0 Å². The minimum absolute atomic E-state index is 0.719. The third-order valence-corrected chi connectivity index (χ3v) is 7.09. The SMILES string of the molecule is C[Si](C)(C)Oc1cc(-c2cccc(-c3cc(O[Si](C)(C)C)n(-c4ccccc4)n3)n2)nn1-c1ccccc1. The highest BCUT2D eigenvalue weighted by molar-refractivity contribution is 6.70. The highest BCUT2D eigenvalue weighted by Gasteiger charge is 2.23. The molecule has 3 heterocycles. The number of aromatic nitrogens is 5. The van der Waals surface area contributed by atoms with Crippen LogP contribution in [-0.2, 0) is 0 Å². The summed E-state index contributed by atoms with van der Waals surface area (Å²) in [5.41, 5.74) is 4.87. The smallest absolute Gasteiger partial charge is 0.244 e. The molecule has 0 radical (unpaired) electrons. The summed E-state index contributed by atoms with van der Waals surface area (Å²) < 4.78 is 16.5. The zero-order valence-electron chi connectivity index (χ0n) is 22.7. The molecule has 0 aliphatic carbocycles. The summed E-state index contributed by atoms with van der Waals surface area (Å²) in [6.45, 7) is 13.0. The predicted octanol–water partition coefficient (Wildman–Crippen LogP) is 7.21. The maximum absolute atomic E-state index is 6.40. The Hall–Kier alpha value is -3.96. The van der Waals surface area contributed by atoms with Crippen LogP contribution in [-0.4, -0.2) is 41.2 Å². The molecule has 0 aliphatic heterocycles. The fraction of sp³-hybridized carbons (Fsp3) is 0.207. The molecule has 3 aromatic heterocycles. The Morgan fingerprint density at radius 1 is 0.500 bits per heavy atom. The summed E-state index contributed by atoms with van der Waals surface area (Å²) >= 11 is 0. The third-order valence-electron chi connectivity index (χ3n) is 5.45. The minimum atomic E-state index is -1.87. The minimum Gasteiger partial charge on any atom is -0.531 e. The van der Waals surface area contributed by atoms with Crippen molar-refractivity contribution in [1.82, 2.24) is 24.5 Å². The molecule has 5 rings (SSSR count). The van der Waals surface area contributed by atoms with Crippen molar-refractivity contribution in [1.29, 1.82) is 0 Å². The van der Waals surface area contributed by atoms with E-state index in [1.807, 2.05) is 100 Å². The van der Waals surface area contributed by atoms with Gasteiger partial charge in [-0.1, -0.05) is 42.5 Å². The maximum atomic E-state index is 6.40. The van der Waals surface area contributed by atoms with Gasteiger partial charge in [0.1, 0.15) is 11.4 Å². The molecular weight excluding hydrogens is 507 g/mol. The molecule has 0 bridgehead atoms. The second kappa shape index (κ2) is 10.1. The van der Waals surface area contributed by atoms with E-state index in [9.17, 15) is 0 Å². The van der Waals surface area contributed by atoms with Crippen LogP contribution in [0.4, 0.5) is 0 Å². The fourth-order valence-corrected chi connectivity index (χ4v) is 5.53. The summed E-state index contributed by atoms with van der Waals surface area (Å²) in [5, 5.41) is 9.79. The Bertz CT molecular complexity index is 1420. The number of hydrogen-bond donors (Lipinski definition) is 0. The summed E-state index contributed by atoms with van der Waals surface area (Å²) in [6.07, 6.45) is 0. The Balaban J connectivity index is 1.56. The average Bonchev–Trinajstić information content (AvgIpc) is 3.47. The lowest BCUT2D eigenvalue weighted by atomic mass is 10.2. The second-order valence-corrected chi connectivity index (χ2v) is 19.9. The summed E-state index contributed by atoms with van der Waals surface area (Å²) in [5.74, 6) is 1.44. The first-order chi connectivity index (χ1) is 18.1. The lowest BCUT2D eigenvalue weighted by Gasteiger charge is -2.19. The van der Waals surface area contributed by atoms with Crippen LogP contribution in [0, 0.1) is 0 Å². The largest absolute Gasteiger partial charge is 0.531 e. The van der Waals surface area contributed by atoms with Crippen molar-refractivity contribution in [2.24, 2.45) is 0 Å². The van der Waals surface area contributed by atoms with Gasteiger partial charge < -0.3 is 8.85 Å². The van der Waals surface area contributed by atoms with E-state index in [0.29, 0.717) is 0 Å². The molecule has 0 unspecified atom stereocenters. The van der Waals surface area contributed by atoms with Crippen molar-refractivity contribution in [2.75, 3.05) is 0 Å². The van der Waals surface area contributed by atoms with Gasteiger partial charge in [0.25, 0.3) is 0 Å². The van der Waals surface area contributed by atoms with Crippen LogP contribution >= 0.6 is 0 Å². The van der Waals surface area contributed by atoms with E-state index in [-0.39, 0.29) is 0 Å². The lowest BCUT2D eigenvalue weighted by Crippen LogP contribution is -2.30. The van der Waals surface area contributed by atoms with E-state index in [1.165, 1.54) is 0 Å². The van der Waals surface area contributed by atoms with Gasteiger partial charge in [-0.3, -0.25) is 0 Å². The molecule has 38 heavy (non-hydrogen) atoms. The van der Waals surface area contributed by atoms with Crippen molar-refractivity contribution in [3.63, 3.8) is 0 Å². The molecule has 0 spiro atoms. The Morgan fingerprint density at radius 2 is 0.895 bits per heavy atom. The lowest BCUT2D eigenvalue weighted by molar-refractivity contribution is 0.509. The monoisotopic (exact) mass is 539 g/mol. The number of para-hydroxylation sites is 2. The van der Waals surface area contributed by atoms with Gasteiger partial charge in [0, 0.05) is 12.1 Å². The first-order valence-corrected chi connectivity index (χ1v) is 19.5. The quantitative estimate of drug-likeness (QED) is 0.195. The number of hydrogen-bond acceptors (Lipinski definition) is 5. The van der Waals surface area contributed by atoms with Gasteiger partial charge in [-0.25, -0.2) is 14.3 Å². The van der Waals surface area contributed by atoms with Crippen molar-refractivity contribution >= 4 is 16.6 Å². The highest BCUT2D eigenvalue weighted by Crippen LogP contribution is 2.31. The van der Waals surface area contributed by atoms with Crippen LogP contribution in [0.1, 0.15) is 0 Å². The summed E-state index contributed by atoms with van der Waals surface area (Å²) in [4.78, 5) is 4.96. The molecule has 0 atom stereocenters. The molecule has 0 saturated heterocycles. The second-order valence-electron chi connectivity index (χ2n) is 11.1. The van der Waals surface area contributed by atoms with Crippen molar-refractivity contribution < 1.29 is 8.85 Å². The summed E-state index contributed by atoms with van der Waals surface area (Å²) in [7, 11) is -3.75. The normalized spacial score (nSPS) is 11.9. The zero-order valence-corrected chi connectivity index (χ0v) is 24.7. The third kappa shape index (κ3) is 5.95. The van der Waals surface area contributed by atoms with Gasteiger partial charge in [0.2, 0.25) is 28.4 Å². The van der Waals surface area contributed by atoms with Crippen LogP contribution in [0.25, 0.3) is 34.2 Å². The van der Waals surface area contributed by atoms with Gasteiger partial charge >= 0.3 is 0 Å². The van der Waals surface area contributed by atoms with Gasteiger partial charge in [-0.05, 0) is 75.7 Å². The molecule has 0 fully saturated rings. The summed E-state index contributed by atoms with van der Waals surface area (Å²) in [6, 6.07) is 29.9. The molecule has 0 N–H and O–H groups in total. The Kier molecular flexibility index (Phi) is 6.81. The van der Waals surface area contributed by atoms with E-state index < -0.39 is 16.6 Å². The van der Waals surface area contributed by atoms with Crippen LogP contribution in [0.2, 0.25) is 39.3 Å². The van der Waals surface area contributed by atoms with E-state index in [2.05, 4.69) is 39.3 Å². The maximum Gasteiger partial charge on any atom is 0.244 e. The van der Waals surface area contributed by atoms with Crippen molar-refractivity contribution in [3.05, 3.63) is 91.0 Å². The number of nitrogens with zero attached hydrogens (tertiary/aromatic N) is 5. The van der Waals surface area contributed by atoms with Gasteiger partial charge in [-0.2, -0.15) is 10.2 Å². The van der Waals surface area contributed by atoms with E-state index in [0.717, 1.165) is 45.9 Å². The Morgan fingerprint density at radius 3 is 1.26 bits per heavy atom. The molecule has 2 aromatic carbocycles. The number of rotatable bonds is 8. The molecule has 7 nitrogen and oxygen atoms in total. The molecule has 194 valence electrons. The van der Waals surface area contributed by atoms with Crippen LogP contribution in [0.5, 0.6) is 11.8 Å². The van der Waals surface area contributed by atoms with Crippen LogP contribution < -0.4 is 8.85 Å². The first kappa shape index (κ1) is 25.7. The fourth-order valence-electron chi connectivity index (χ4n) is 3.98. The molecule has 0 saturated carbocycles. The van der Waals surface area contributed by atoms with Gasteiger partial charge in [0.05, 0.1) is 22.8 Å². The van der Waals surface area contributed by atoms with Crippen LogP contribution in [0.15, 0.2) is 91.0 Å². The van der Waals surface area contributed by atoms with Crippen molar-refractivity contribution in [2.45, 2.75) is 39.3 Å². The molecular formula is C29H33N5O2Si2. The van der Waals surface area contributed by atoms with E-state index in [1.54, 1.807) is 0 Å². The topological polar surface area (TPSA) is 67.0 Å². The predicted molar refractivity (Wildman–Crippen MR) is 157 cm³/mol. The van der Waals surface area contributed by atoms with E-state index >= 15 is 0 Å². The van der Waals surface area contributed by atoms with Gasteiger partial charge in [0.15, 0.2) is 0 Å². The zero-order chi connectivity index (χ0) is 26.9. The van der Waals surface area contributed by atoms with E-state index in [4.69, 9.17) is 24.0 Å². The molecule has 9 heteroatoms. The van der Waals surface area contributed by atoms with Crippen molar-refractivity contribution in [3.8, 4) is 45.9 Å². The number of benzene rings is 2. The van der Waals surface area contributed by atoms with Crippen LogP contribution in [0.3, 0.4) is 0 Å². The first-order valence-electron chi connectivity index (χ1n) is 12.7. The molecule has 5 aromatic rings. The average molecular weight is 540 g/mol. The standard InChI is InChI=1S/C29H33N5O2Si2/c1-37(2,3)35-28-20-26(31-33(28)22-14-9-7-10-15-22)24-18-13-19-25(30-24)27-21-29(36-38(4,5)6)34(32-27)23-16-11-8-12-17-23/h7-21H,1-6H3. The number of pyridine rings is 1. The Labute approximate surface area is 226 Å². The molecule has 0 aliphatic rings. The highest BCUT2D eigenvalue weighted by atomic mass is 28.4.